The highest BCUT2D eigenvalue weighted by atomic mass is 19.1. The molecule has 2 rings (SSSR count). The minimum Gasteiger partial charge on any atom is -0.337 e. The largest absolute Gasteiger partial charge is 0.337 e. The van der Waals surface area contributed by atoms with Crippen LogP contribution in [0.3, 0.4) is 0 Å². The first-order valence-electron chi connectivity index (χ1n) is 8.08. The number of carbonyl (C=O) groups excluding carboxylic acids is 3. The number of halogens is 1. The second-order valence-electron chi connectivity index (χ2n) is 6.66. The Balaban J connectivity index is 2.31. The normalized spacial score (nSPS) is 27.7. The van der Waals surface area contributed by atoms with E-state index >= 15 is 0 Å². The van der Waals surface area contributed by atoms with Crippen molar-refractivity contribution in [1.82, 2.24) is 15.1 Å². The maximum absolute atomic E-state index is 15.0. The first-order chi connectivity index (χ1) is 11.3. The van der Waals surface area contributed by atoms with Gasteiger partial charge in [0.25, 0.3) is 0 Å². The highest BCUT2D eigenvalue weighted by molar-refractivity contribution is 6.00. The summed E-state index contributed by atoms with van der Waals surface area (Å²) in [6.07, 6.45) is 4.77. The average molecular weight is 337 g/mol. The average Bonchev–Trinajstić information content (AvgIpc) is 2.52. The molecule has 6 nitrogen and oxygen atoms in total. The van der Waals surface area contributed by atoms with Crippen LogP contribution in [0.25, 0.3) is 0 Å². The number of hydrogen-bond donors (Lipinski definition) is 1. The van der Waals surface area contributed by atoms with Crippen LogP contribution in [-0.2, 0) is 14.4 Å². The Morgan fingerprint density at radius 3 is 2.54 bits per heavy atom. The molecule has 3 atom stereocenters. The maximum atomic E-state index is 15.0. The van der Waals surface area contributed by atoms with E-state index in [4.69, 9.17) is 0 Å². The van der Waals surface area contributed by atoms with Crippen LogP contribution < -0.4 is 5.32 Å². The molecule has 132 valence electrons. The van der Waals surface area contributed by atoms with Crippen molar-refractivity contribution >= 4 is 18.2 Å². The molecule has 24 heavy (non-hydrogen) atoms. The molecule has 1 aliphatic heterocycles. The molecule has 7 heteroatoms. The molecule has 1 N–H and O–H groups in total. The number of nitrogens with one attached hydrogen (secondary N) is 1. The van der Waals surface area contributed by atoms with E-state index in [1.807, 2.05) is 19.9 Å². The topological polar surface area (TPSA) is 69.7 Å². The number of piperidine rings is 1. The van der Waals surface area contributed by atoms with Crippen molar-refractivity contribution < 1.29 is 18.8 Å². The molecule has 1 saturated heterocycles. The summed E-state index contributed by atoms with van der Waals surface area (Å²) in [5, 5.41) is 2.31. The third-order valence-electron chi connectivity index (χ3n) is 4.73. The molecular formula is C17H24FN3O3. The van der Waals surface area contributed by atoms with Gasteiger partial charge in [-0.3, -0.25) is 24.6 Å². The van der Waals surface area contributed by atoms with Gasteiger partial charge in [-0.2, -0.15) is 0 Å². The summed E-state index contributed by atoms with van der Waals surface area (Å²) >= 11 is 0. The standard InChI is InChI=1S/C17H24FN3O3/c1-10(2)11-5-6-12(16(15(11)18)20(3)9-22)21(4)13-7-8-14(23)19-17(13)24/h5-6,9-10,12-13,16H,7-8H2,1-4H3,(H,19,23,24). The Morgan fingerprint density at radius 2 is 2.00 bits per heavy atom. The fourth-order valence-corrected chi connectivity index (χ4v) is 3.30. The number of nitrogens with zero attached hydrogens (tertiary/aromatic N) is 2. The number of likely N-dealkylation sites (N-methyl/N-ethyl adjacent to an activating group) is 2. The van der Waals surface area contributed by atoms with Gasteiger partial charge in [-0.15, -0.1) is 0 Å². The molecule has 2 aliphatic rings. The highest BCUT2D eigenvalue weighted by Gasteiger charge is 2.40. The van der Waals surface area contributed by atoms with Gasteiger partial charge in [0.05, 0.1) is 12.1 Å². The number of imide groups is 1. The lowest BCUT2D eigenvalue weighted by atomic mass is 9.88. The van der Waals surface area contributed by atoms with Crippen LogP contribution in [0.2, 0.25) is 0 Å². The maximum Gasteiger partial charge on any atom is 0.243 e. The zero-order valence-corrected chi connectivity index (χ0v) is 14.5. The molecule has 0 saturated carbocycles. The molecule has 3 unspecified atom stereocenters. The van der Waals surface area contributed by atoms with Gasteiger partial charge >= 0.3 is 0 Å². The van der Waals surface area contributed by atoms with Gasteiger partial charge in [0, 0.05) is 13.5 Å². The molecule has 0 bridgehead atoms. The summed E-state index contributed by atoms with van der Waals surface area (Å²) in [6, 6.07) is -1.81. The lowest BCUT2D eigenvalue weighted by Gasteiger charge is -2.42. The number of carbonyl (C=O) groups is 3. The third-order valence-corrected chi connectivity index (χ3v) is 4.73. The molecule has 1 aliphatic carbocycles. The lowest BCUT2D eigenvalue weighted by Crippen LogP contribution is -2.58. The number of rotatable bonds is 5. The predicted octanol–water partition coefficient (Wildman–Crippen LogP) is 0.998. The first kappa shape index (κ1) is 18.3. The number of amides is 3. The van der Waals surface area contributed by atoms with Crippen molar-refractivity contribution in [2.45, 2.75) is 44.8 Å². The summed E-state index contributed by atoms with van der Waals surface area (Å²) in [5.74, 6) is -1.04. The van der Waals surface area contributed by atoms with Crippen molar-refractivity contribution in [3.05, 3.63) is 23.6 Å². The van der Waals surface area contributed by atoms with Gasteiger partial charge in [-0.25, -0.2) is 4.39 Å². The summed E-state index contributed by atoms with van der Waals surface area (Å²) in [4.78, 5) is 37.7. The van der Waals surface area contributed by atoms with Gasteiger partial charge in [0.1, 0.15) is 11.9 Å². The first-order valence-corrected chi connectivity index (χ1v) is 8.08. The second kappa shape index (κ2) is 7.25. The third kappa shape index (κ3) is 3.40. The predicted molar refractivity (Wildman–Crippen MR) is 87.4 cm³/mol. The highest BCUT2D eigenvalue weighted by Crippen LogP contribution is 2.32. The van der Waals surface area contributed by atoms with E-state index < -0.39 is 18.1 Å². The Hall–Kier alpha value is -2.02. The second-order valence-corrected chi connectivity index (χ2v) is 6.66. The van der Waals surface area contributed by atoms with Crippen LogP contribution in [0.4, 0.5) is 4.39 Å². The smallest absolute Gasteiger partial charge is 0.243 e. The van der Waals surface area contributed by atoms with Crippen molar-refractivity contribution in [3.63, 3.8) is 0 Å². The Bertz CT molecular complexity index is 600. The molecule has 0 aromatic heterocycles. The fourth-order valence-electron chi connectivity index (χ4n) is 3.30. The quantitative estimate of drug-likeness (QED) is 0.600. The van der Waals surface area contributed by atoms with Crippen molar-refractivity contribution in [1.29, 1.82) is 0 Å². The summed E-state index contributed by atoms with van der Waals surface area (Å²) in [7, 11) is 3.24. The summed E-state index contributed by atoms with van der Waals surface area (Å²) in [6.45, 7) is 3.78. The fraction of sp³-hybridized carbons (Fsp3) is 0.588. The van der Waals surface area contributed by atoms with Gasteiger partial charge in [-0.1, -0.05) is 26.0 Å². The van der Waals surface area contributed by atoms with E-state index in [9.17, 15) is 18.8 Å². The molecule has 1 fully saturated rings. The van der Waals surface area contributed by atoms with E-state index in [0.717, 1.165) is 0 Å². The molecule has 1 heterocycles. The van der Waals surface area contributed by atoms with Gasteiger partial charge < -0.3 is 4.90 Å². The summed E-state index contributed by atoms with van der Waals surface area (Å²) in [5.41, 5.74) is 0.557. The van der Waals surface area contributed by atoms with E-state index in [-0.39, 0.29) is 30.0 Å². The number of hydrogen-bond acceptors (Lipinski definition) is 4. The van der Waals surface area contributed by atoms with Crippen LogP contribution in [-0.4, -0.2) is 60.2 Å². The molecule has 0 radical (unpaired) electrons. The molecular weight excluding hydrogens is 313 g/mol. The van der Waals surface area contributed by atoms with Crippen molar-refractivity contribution in [2.75, 3.05) is 14.1 Å². The van der Waals surface area contributed by atoms with Crippen molar-refractivity contribution in [3.8, 4) is 0 Å². The molecule has 0 aromatic carbocycles. The van der Waals surface area contributed by atoms with Crippen LogP contribution >= 0.6 is 0 Å². The van der Waals surface area contributed by atoms with Crippen molar-refractivity contribution in [2.24, 2.45) is 5.92 Å². The molecule has 3 amide bonds. The Morgan fingerprint density at radius 1 is 1.33 bits per heavy atom. The van der Waals surface area contributed by atoms with Gasteiger partial charge in [0.15, 0.2) is 0 Å². The Kier molecular flexibility index (Phi) is 5.54. The van der Waals surface area contributed by atoms with Gasteiger partial charge in [-0.05, 0) is 25.0 Å². The van der Waals surface area contributed by atoms with Crippen LogP contribution in [0.15, 0.2) is 23.6 Å². The Labute approximate surface area is 141 Å². The molecule has 0 aromatic rings. The minimum absolute atomic E-state index is 0.00865. The zero-order chi connectivity index (χ0) is 18.0. The van der Waals surface area contributed by atoms with E-state index in [2.05, 4.69) is 5.32 Å². The SMILES string of the molecule is CC(C)C1=C(F)C(N(C)C=O)C(N(C)C2CCC(=O)NC2=O)C=C1. The van der Waals surface area contributed by atoms with Gasteiger partial charge in [0.2, 0.25) is 18.2 Å². The molecule has 0 spiro atoms. The van der Waals surface area contributed by atoms with Crippen LogP contribution in [0.1, 0.15) is 26.7 Å². The van der Waals surface area contributed by atoms with E-state index in [0.29, 0.717) is 18.4 Å². The summed E-state index contributed by atoms with van der Waals surface area (Å²) < 4.78 is 15.0. The van der Waals surface area contributed by atoms with Crippen LogP contribution in [0, 0.1) is 5.92 Å². The van der Waals surface area contributed by atoms with E-state index in [1.54, 1.807) is 18.0 Å². The zero-order valence-electron chi connectivity index (χ0n) is 14.5. The number of allylic oxidation sites excluding steroid dienone is 2. The monoisotopic (exact) mass is 337 g/mol. The van der Waals surface area contributed by atoms with Crippen LogP contribution in [0.5, 0.6) is 0 Å². The van der Waals surface area contributed by atoms with E-state index in [1.165, 1.54) is 11.9 Å². The lowest BCUT2D eigenvalue weighted by molar-refractivity contribution is -0.137. The minimum atomic E-state index is -0.791.